The van der Waals surface area contributed by atoms with Gasteiger partial charge in [0.25, 0.3) is 5.56 Å². The van der Waals surface area contributed by atoms with E-state index in [2.05, 4.69) is 15.9 Å². The maximum absolute atomic E-state index is 13.3. The Bertz CT molecular complexity index is 1310. The van der Waals surface area contributed by atoms with Crippen molar-refractivity contribution in [3.63, 3.8) is 0 Å². The molecule has 0 radical (unpaired) electrons. The Kier molecular flexibility index (Phi) is 5.15. The van der Waals surface area contributed by atoms with Crippen LogP contribution in [-0.4, -0.2) is 9.13 Å². The molecule has 0 unspecified atom stereocenters. The summed E-state index contributed by atoms with van der Waals surface area (Å²) < 4.78 is 3.48. The number of nitrogens with zero attached hydrogens (tertiary/aromatic N) is 2. The second kappa shape index (κ2) is 7.59. The summed E-state index contributed by atoms with van der Waals surface area (Å²) in [5.41, 5.74) is 1.06. The van der Waals surface area contributed by atoms with Gasteiger partial charge in [-0.05, 0) is 54.1 Å². The third-order valence-corrected chi connectivity index (χ3v) is 5.41. The van der Waals surface area contributed by atoms with Crippen LogP contribution in [0.25, 0.3) is 16.6 Å². The lowest BCUT2D eigenvalue weighted by Gasteiger charge is -2.15. The topological polar surface area (TPSA) is 44.0 Å². The molecule has 0 amide bonds. The van der Waals surface area contributed by atoms with E-state index in [0.717, 1.165) is 14.6 Å². The molecule has 28 heavy (non-hydrogen) atoms. The molecule has 0 spiro atoms. The van der Waals surface area contributed by atoms with Crippen LogP contribution in [0.2, 0.25) is 10.0 Å². The highest BCUT2D eigenvalue weighted by Crippen LogP contribution is 2.19. The molecule has 1 heterocycles. The Balaban J connectivity index is 2.04. The number of benzene rings is 3. The van der Waals surface area contributed by atoms with Crippen LogP contribution >= 0.6 is 39.1 Å². The number of rotatable bonds is 3. The molecule has 0 bridgehead atoms. The van der Waals surface area contributed by atoms with E-state index in [4.69, 9.17) is 23.2 Å². The number of fused-ring (bicyclic) bond motifs is 1. The van der Waals surface area contributed by atoms with Gasteiger partial charge in [-0.15, -0.1) is 0 Å². The van der Waals surface area contributed by atoms with E-state index in [-0.39, 0.29) is 0 Å². The summed E-state index contributed by atoms with van der Waals surface area (Å²) in [5, 5.41) is 1.50. The molecule has 0 fully saturated rings. The van der Waals surface area contributed by atoms with Crippen molar-refractivity contribution in [3.05, 3.63) is 108 Å². The molecule has 4 nitrogen and oxygen atoms in total. The zero-order valence-electron chi connectivity index (χ0n) is 14.4. The van der Waals surface area contributed by atoms with Crippen molar-refractivity contribution in [2.45, 2.75) is 6.54 Å². The summed E-state index contributed by atoms with van der Waals surface area (Å²) >= 11 is 15.5. The summed E-state index contributed by atoms with van der Waals surface area (Å²) in [6.45, 7) is 0.301. The molecule has 0 atom stereocenters. The third-order valence-electron chi connectivity index (χ3n) is 4.43. The number of halogens is 3. The molecule has 4 aromatic rings. The number of aromatic nitrogens is 2. The lowest BCUT2D eigenvalue weighted by molar-refractivity contribution is 0.714. The van der Waals surface area contributed by atoms with Crippen LogP contribution in [-0.2, 0) is 6.54 Å². The highest BCUT2D eigenvalue weighted by Gasteiger charge is 2.15. The summed E-state index contributed by atoms with van der Waals surface area (Å²) in [6, 6.07) is 19.2. The lowest BCUT2D eigenvalue weighted by atomic mass is 10.2. The first-order valence-electron chi connectivity index (χ1n) is 8.39. The van der Waals surface area contributed by atoms with Crippen molar-refractivity contribution in [2.24, 2.45) is 0 Å². The van der Waals surface area contributed by atoms with Gasteiger partial charge in [0.15, 0.2) is 0 Å². The second-order valence-electron chi connectivity index (χ2n) is 6.28. The van der Waals surface area contributed by atoms with Crippen LogP contribution in [0.5, 0.6) is 0 Å². The van der Waals surface area contributed by atoms with Crippen molar-refractivity contribution >= 4 is 50.0 Å². The predicted molar refractivity (Wildman–Crippen MR) is 117 cm³/mol. The van der Waals surface area contributed by atoms with Gasteiger partial charge in [0.1, 0.15) is 0 Å². The van der Waals surface area contributed by atoms with E-state index in [9.17, 15) is 9.59 Å². The molecule has 0 aliphatic rings. The Labute approximate surface area is 178 Å². The first-order chi connectivity index (χ1) is 13.4. The summed E-state index contributed by atoms with van der Waals surface area (Å²) in [5.74, 6) is 0. The molecule has 0 saturated carbocycles. The van der Waals surface area contributed by atoms with E-state index in [0.29, 0.717) is 33.2 Å². The van der Waals surface area contributed by atoms with E-state index >= 15 is 0 Å². The molecule has 3 aromatic carbocycles. The second-order valence-corrected chi connectivity index (χ2v) is 8.07. The molecule has 4 rings (SSSR count). The van der Waals surface area contributed by atoms with Crippen molar-refractivity contribution in [1.29, 1.82) is 0 Å². The average Bonchev–Trinajstić information content (AvgIpc) is 2.67. The summed E-state index contributed by atoms with van der Waals surface area (Å²) in [7, 11) is 0. The smallest absolute Gasteiger partial charge is 0.288 e. The minimum Gasteiger partial charge on any atom is -0.288 e. The largest absolute Gasteiger partial charge is 0.336 e. The van der Waals surface area contributed by atoms with Gasteiger partial charge in [-0.3, -0.25) is 9.36 Å². The van der Waals surface area contributed by atoms with Crippen LogP contribution in [0.1, 0.15) is 5.56 Å². The van der Waals surface area contributed by atoms with Gasteiger partial charge >= 0.3 is 5.69 Å². The van der Waals surface area contributed by atoms with Crippen molar-refractivity contribution < 1.29 is 0 Å². The first-order valence-corrected chi connectivity index (χ1v) is 9.94. The Morgan fingerprint density at radius 3 is 2.32 bits per heavy atom. The molecule has 140 valence electrons. The van der Waals surface area contributed by atoms with Gasteiger partial charge in [-0.25, -0.2) is 9.36 Å². The van der Waals surface area contributed by atoms with E-state index in [1.807, 2.05) is 18.2 Å². The van der Waals surface area contributed by atoms with Gasteiger partial charge in [-0.1, -0.05) is 57.3 Å². The zero-order chi connectivity index (χ0) is 19.8. The van der Waals surface area contributed by atoms with E-state index in [1.165, 1.54) is 0 Å². The van der Waals surface area contributed by atoms with Gasteiger partial charge in [0, 0.05) is 14.5 Å². The molecular weight excluding hydrogens is 463 g/mol. The highest BCUT2D eigenvalue weighted by molar-refractivity contribution is 9.10. The predicted octanol–water partition coefficient (Wildman–Crippen LogP) is 5.27. The minimum atomic E-state index is -0.433. The fourth-order valence-electron chi connectivity index (χ4n) is 3.11. The van der Waals surface area contributed by atoms with Crippen molar-refractivity contribution in [3.8, 4) is 5.69 Å². The molecular formula is C21H13BrCl2N2O2. The Morgan fingerprint density at radius 2 is 1.61 bits per heavy atom. The van der Waals surface area contributed by atoms with Gasteiger partial charge in [0.05, 0.1) is 23.1 Å². The zero-order valence-corrected chi connectivity index (χ0v) is 17.5. The van der Waals surface area contributed by atoms with Crippen LogP contribution in [0.4, 0.5) is 0 Å². The van der Waals surface area contributed by atoms with Crippen molar-refractivity contribution in [1.82, 2.24) is 9.13 Å². The summed E-state index contributed by atoms with van der Waals surface area (Å²) in [6.07, 6.45) is 0. The Hall–Kier alpha value is -2.34. The quantitative estimate of drug-likeness (QED) is 0.405. The fraction of sp³-hybridized carbons (Fsp3) is 0.0476. The molecule has 7 heteroatoms. The fourth-order valence-corrected chi connectivity index (χ4v) is 3.79. The third kappa shape index (κ3) is 3.53. The average molecular weight is 476 g/mol. The lowest BCUT2D eigenvalue weighted by Crippen LogP contribution is -2.39. The molecule has 0 saturated heterocycles. The highest BCUT2D eigenvalue weighted by atomic mass is 79.9. The van der Waals surface area contributed by atoms with Crippen LogP contribution < -0.4 is 11.2 Å². The van der Waals surface area contributed by atoms with Crippen LogP contribution in [0.15, 0.2) is 80.8 Å². The molecule has 0 aliphatic carbocycles. The van der Waals surface area contributed by atoms with Crippen LogP contribution in [0, 0.1) is 0 Å². The maximum Gasteiger partial charge on any atom is 0.336 e. The molecule has 0 aliphatic heterocycles. The summed E-state index contributed by atoms with van der Waals surface area (Å²) in [4.78, 5) is 26.4. The van der Waals surface area contributed by atoms with Crippen molar-refractivity contribution in [2.75, 3.05) is 0 Å². The van der Waals surface area contributed by atoms with Crippen LogP contribution in [0.3, 0.4) is 0 Å². The minimum absolute atomic E-state index is 0.301. The maximum atomic E-state index is 13.3. The monoisotopic (exact) mass is 474 g/mol. The normalized spacial score (nSPS) is 11.1. The molecule has 0 N–H and O–H groups in total. The van der Waals surface area contributed by atoms with Gasteiger partial charge in [-0.2, -0.15) is 0 Å². The number of hydrogen-bond acceptors (Lipinski definition) is 2. The number of hydrogen-bond donors (Lipinski definition) is 0. The Morgan fingerprint density at radius 1 is 0.857 bits per heavy atom. The van der Waals surface area contributed by atoms with E-state index in [1.54, 1.807) is 53.1 Å². The standard InChI is InChI=1S/C21H13BrCl2N2O2/c22-14-6-9-19-18(10-14)20(27)26(17-3-1-2-16(24)11-17)21(28)25(19)12-13-4-7-15(23)8-5-13/h1-11H,12H2. The molecule has 1 aromatic heterocycles. The van der Waals surface area contributed by atoms with Gasteiger partial charge < -0.3 is 0 Å². The SMILES string of the molecule is O=c1c2cc(Br)ccc2n(Cc2ccc(Cl)cc2)c(=O)n1-c1cccc(Cl)c1. The first kappa shape index (κ1) is 19.0. The van der Waals surface area contributed by atoms with E-state index < -0.39 is 11.2 Å². The van der Waals surface area contributed by atoms with Gasteiger partial charge in [0.2, 0.25) is 0 Å².